The zero-order valence-electron chi connectivity index (χ0n) is 11.3. The van der Waals surface area contributed by atoms with Crippen LogP contribution in [0.1, 0.15) is 16.7 Å². The lowest BCUT2D eigenvalue weighted by atomic mass is 10.1. The predicted molar refractivity (Wildman–Crippen MR) is 78.1 cm³/mol. The van der Waals surface area contributed by atoms with Gasteiger partial charge in [-0.1, -0.05) is 24.3 Å². The van der Waals surface area contributed by atoms with Gasteiger partial charge in [0.05, 0.1) is 12.1 Å². The summed E-state index contributed by atoms with van der Waals surface area (Å²) < 4.78 is 15.4. The van der Waals surface area contributed by atoms with Crippen molar-refractivity contribution in [2.45, 2.75) is 20.1 Å². The lowest BCUT2D eigenvalue weighted by molar-refractivity contribution is 0.283. The zero-order chi connectivity index (χ0) is 14.1. The number of benzene rings is 2. The fourth-order valence-electron chi connectivity index (χ4n) is 2.59. The summed E-state index contributed by atoms with van der Waals surface area (Å²) in [5.74, 6) is -0.218. The monoisotopic (exact) mass is 269 g/mol. The molecule has 3 aromatic rings. The lowest BCUT2D eigenvalue weighted by Crippen LogP contribution is -2.02. The average molecular weight is 269 g/mol. The van der Waals surface area contributed by atoms with E-state index in [1.54, 1.807) is 12.1 Å². The van der Waals surface area contributed by atoms with Gasteiger partial charge < -0.3 is 9.67 Å². The van der Waals surface area contributed by atoms with Crippen molar-refractivity contribution in [2.24, 2.45) is 0 Å². The van der Waals surface area contributed by atoms with E-state index in [-0.39, 0.29) is 12.4 Å². The van der Waals surface area contributed by atoms with E-state index >= 15 is 0 Å². The smallest absolute Gasteiger partial charge is 0.123 e. The van der Waals surface area contributed by atoms with Gasteiger partial charge in [0.15, 0.2) is 0 Å². The van der Waals surface area contributed by atoms with Crippen LogP contribution in [0.5, 0.6) is 0 Å². The minimum atomic E-state index is -0.218. The average Bonchev–Trinajstić information content (AvgIpc) is 2.86. The first-order chi connectivity index (χ1) is 9.69. The van der Waals surface area contributed by atoms with Crippen LogP contribution in [-0.2, 0) is 13.2 Å². The van der Waals surface area contributed by atoms with E-state index in [4.69, 9.17) is 0 Å². The van der Waals surface area contributed by atoms with Crippen molar-refractivity contribution in [3.05, 3.63) is 71.2 Å². The number of aliphatic hydroxyl groups excluding tert-OH is 1. The fourth-order valence-corrected chi connectivity index (χ4v) is 2.59. The van der Waals surface area contributed by atoms with Crippen molar-refractivity contribution in [3.8, 4) is 0 Å². The van der Waals surface area contributed by atoms with Gasteiger partial charge in [0.25, 0.3) is 0 Å². The van der Waals surface area contributed by atoms with Crippen LogP contribution in [-0.4, -0.2) is 9.67 Å². The Morgan fingerprint density at radius 1 is 1.10 bits per heavy atom. The molecule has 1 N–H and O–H groups in total. The molecule has 0 amide bonds. The normalized spacial score (nSPS) is 11.2. The Balaban J connectivity index is 2.09. The molecule has 0 aliphatic rings. The minimum Gasteiger partial charge on any atom is -0.392 e. The minimum absolute atomic E-state index is 0.00346. The maximum absolute atomic E-state index is 13.4. The summed E-state index contributed by atoms with van der Waals surface area (Å²) in [6.07, 6.45) is 1.98. The number of fused-ring (bicyclic) bond motifs is 1. The van der Waals surface area contributed by atoms with E-state index < -0.39 is 0 Å². The highest BCUT2D eigenvalue weighted by Crippen LogP contribution is 2.22. The molecule has 0 aliphatic heterocycles. The molecule has 102 valence electrons. The van der Waals surface area contributed by atoms with E-state index in [1.807, 2.05) is 37.4 Å². The lowest BCUT2D eigenvalue weighted by Gasteiger charge is -2.11. The molecule has 0 saturated carbocycles. The number of aryl methyl sites for hydroxylation is 1. The number of para-hydroxylation sites is 1. The highest BCUT2D eigenvalue weighted by Gasteiger charge is 2.08. The molecule has 3 rings (SSSR count). The molecule has 0 aliphatic carbocycles. The Morgan fingerprint density at radius 2 is 1.95 bits per heavy atom. The molecule has 0 fully saturated rings. The molecule has 2 nitrogen and oxygen atoms in total. The zero-order valence-corrected chi connectivity index (χ0v) is 11.3. The number of rotatable bonds is 3. The third kappa shape index (κ3) is 2.21. The highest BCUT2D eigenvalue weighted by molar-refractivity contribution is 5.83. The van der Waals surface area contributed by atoms with Crippen molar-refractivity contribution < 1.29 is 9.50 Å². The Bertz CT molecular complexity index is 761. The van der Waals surface area contributed by atoms with Crippen molar-refractivity contribution in [3.63, 3.8) is 0 Å². The number of halogens is 1. The first-order valence-corrected chi connectivity index (χ1v) is 6.61. The molecule has 0 saturated heterocycles. The molecule has 0 bridgehead atoms. The molecule has 0 spiro atoms. The van der Waals surface area contributed by atoms with Gasteiger partial charge in [0.2, 0.25) is 0 Å². The standard InChI is InChI=1S/C17H16FNO/c1-12-5-6-16(18)9-15(12)10-19-8-7-13-3-2-4-14(11-20)17(13)19/h2-9,20H,10-11H2,1H3. The van der Waals surface area contributed by atoms with Gasteiger partial charge in [-0.25, -0.2) is 4.39 Å². The molecule has 1 heterocycles. The third-order valence-corrected chi connectivity index (χ3v) is 3.69. The SMILES string of the molecule is Cc1ccc(F)cc1Cn1ccc2cccc(CO)c21. The van der Waals surface area contributed by atoms with Crippen LogP contribution in [0.2, 0.25) is 0 Å². The van der Waals surface area contributed by atoms with Gasteiger partial charge in [-0.2, -0.15) is 0 Å². The van der Waals surface area contributed by atoms with Crippen molar-refractivity contribution >= 4 is 10.9 Å². The number of aliphatic hydroxyl groups is 1. The molecule has 3 heteroatoms. The summed E-state index contributed by atoms with van der Waals surface area (Å²) in [7, 11) is 0. The second-order valence-electron chi connectivity index (χ2n) is 5.03. The van der Waals surface area contributed by atoms with E-state index in [0.717, 1.165) is 27.6 Å². The second-order valence-corrected chi connectivity index (χ2v) is 5.03. The number of hydrogen-bond donors (Lipinski definition) is 1. The number of hydrogen-bond acceptors (Lipinski definition) is 1. The van der Waals surface area contributed by atoms with E-state index in [0.29, 0.717) is 6.54 Å². The van der Waals surface area contributed by atoms with Crippen LogP contribution in [0.15, 0.2) is 48.7 Å². The molecular weight excluding hydrogens is 253 g/mol. The molecular formula is C17H16FNO. The largest absolute Gasteiger partial charge is 0.392 e. The van der Waals surface area contributed by atoms with Gasteiger partial charge in [0, 0.05) is 18.3 Å². The molecule has 20 heavy (non-hydrogen) atoms. The maximum Gasteiger partial charge on any atom is 0.123 e. The maximum atomic E-state index is 13.4. The molecule has 0 atom stereocenters. The summed E-state index contributed by atoms with van der Waals surface area (Å²) in [6.45, 7) is 2.58. The summed E-state index contributed by atoms with van der Waals surface area (Å²) >= 11 is 0. The molecule has 0 unspecified atom stereocenters. The number of nitrogens with zero attached hydrogens (tertiary/aromatic N) is 1. The summed E-state index contributed by atoms with van der Waals surface area (Å²) in [5, 5.41) is 10.6. The van der Waals surface area contributed by atoms with Crippen LogP contribution >= 0.6 is 0 Å². The van der Waals surface area contributed by atoms with Gasteiger partial charge in [0.1, 0.15) is 5.82 Å². The van der Waals surface area contributed by atoms with Crippen molar-refractivity contribution in [1.29, 1.82) is 0 Å². The Kier molecular flexibility index (Phi) is 3.28. The fraction of sp³-hybridized carbons (Fsp3) is 0.176. The molecule has 2 aromatic carbocycles. The summed E-state index contributed by atoms with van der Waals surface area (Å²) in [5.41, 5.74) is 3.92. The Morgan fingerprint density at radius 3 is 2.75 bits per heavy atom. The van der Waals surface area contributed by atoms with Gasteiger partial charge in [-0.15, -0.1) is 0 Å². The summed E-state index contributed by atoms with van der Waals surface area (Å²) in [4.78, 5) is 0. The Labute approximate surface area is 117 Å². The first kappa shape index (κ1) is 12.9. The summed E-state index contributed by atoms with van der Waals surface area (Å²) in [6, 6.07) is 12.7. The van der Waals surface area contributed by atoms with E-state index in [1.165, 1.54) is 6.07 Å². The van der Waals surface area contributed by atoms with Crippen LogP contribution in [0.3, 0.4) is 0 Å². The second kappa shape index (κ2) is 5.10. The van der Waals surface area contributed by atoms with Crippen LogP contribution < -0.4 is 0 Å². The van der Waals surface area contributed by atoms with Gasteiger partial charge in [-0.05, 0) is 41.6 Å². The van der Waals surface area contributed by atoms with Gasteiger partial charge >= 0.3 is 0 Å². The van der Waals surface area contributed by atoms with Crippen molar-refractivity contribution in [2.75, 3.05) is 0 Å². The van der Waals surface area contributed by atoms with E-state index in [2.05, 4.69) is 4.57 Å². The van der Waals surface area contributed by atoms with Crippen LogP contribution in [0.25, 0.3) is 10.9 Å². The van der Waals surface area contributed by atoms with Gasteiger partial charge in [-0.3, -0.25) is 0 Å². The number of aromatic nitrogens is 1. The Hall–Kier alpha value is -2.13. The third-order valence-electron chi connectivity index (χ3n) is 3.69. The highest BCUT2D eigenvalue weighted by atomic mass is 19.1. The van der Waals surface area contributed by atoms with Crippen LogP contribution in [0, 0.1) is 12.7 Å². The molecule has 1 aromatic heterocycles. The molecule has 0 radical (unpaired) electrons. The quantitative estimate of drug-likeness (QED) is 0.771. The topological polar surface area (TPSA) is 25.2 Å². The van der Waals surface area contributed by atoms with Crippen LogP contribution in [0.4, 0.5) is 4.39 Å². The predicted octanol–water partition coefficient (Wildman–Crippen LogP) is 3.63. The van der Waals surface area contributed by atoms with E-state index in [9.17, 15) is 9.50 Å². The van der Waals surface area contributed by atoms with Crippen molar-refractivity contribution in [1.82, 2.24) is 4.57 Å². The first-order valence-electron chi connectivity index (χ1n) is 6.61.